The van der Waals surface area contributed by atoms with Crippen LogP contribution in [0.25, 0.3) is 0 Å². The lowest BCUT2D eigenvalue weighted by atomic mass is 10.1. The van der Waals surface area contributed by atoms with Crippen LogP contribution in [-0.4, -0.2) is 75.4 Å². The van der Waals surface area contributed by atoms with Crippen molar-refractivity contribution < 1.29 is 28.6 Å². The first-order valence-electron chi connectivity index (χ1n) is 10.7. The van der Waals surface area contributed by atoms with Crippen LogP contribution in [0.3, 0.4) is 0 Å². The van der Waals surface area contributed by atoms with Gasteiger partial charge in [-0.3, -0.25) is 14.9 Å². The maximum Gasteiger partial charge on any atom is 0.325 e. The van der Waals surface area contributed by atoms with Crippen molar-refractivity contribution in [2.24, 2.45) is 0 Å². The van der Waals surface area contributed by atoms with E-state index in [1.807, 2.05) is 12.1 Å². The summed E-state index contributed by atoms with van der Waals surface area (Å²) in [7, 11) is 1.55. The number of fused-ring (bicyclic) bond motifs is 1. The normalized spacial score (nSPS) is 17.4. The van der Waals surface area contributed by atoms with Gasteiger partial charge in [0.1, 0.15) is 11.5 Å². The van der Waals surface area contributed by atoms with Gasteiger partial charge in [-0.25, -0.2) is 4.79 Å². The van der Waals surface area contributed by atoms with Gasteiger partial charge in [-0.05, 0) is 36.4 Å². The molecule has 0 aromatic heterocycles. The zero-order chi connectivity index (χ0) is 23.2. The quantitative estimate of drug-likeness (QED) is 0.704. The second kappa shape index (κ2) is 10.2. The van der Waals surface area contributed by atoms with E-state index in [0.29, 0.717) is 49.2 Å². The first-order valence-corrected chi connectivity index (χ1v) is 10.7. The van der Waals surface area contributed by atoms with Crippen LogP contribution in [0, 0.1) is 0 Å². The molecular weight excluding hydrogens is 428 g/mol. The summed E-state index contributed by atoms with van der Waals surface area (Å²) in [5.74, 6) is 0.529. The number of morpholine rings is 1. The highest BCUT2D eigenvalue weighted by Gasteiger charge is 2.34. The molecular formula is C23H26N4O6. The molecule has 4 rings (SSSR count). The Morgan fingerprint density at radius 2 is 1.79 bits per heavy atom. The van der Waals surface area contributed by atoms with Gasteiger partial charge < -0.3 is 29.3 Å². The van der Waals surface area contributed by atoms with Crippen molar-refractivity contribution in [3.63, 3.8) is 0 Å². The molecule has 2 aliphatic heterocycles. The molecule has 1 saturated heterocycles. The number of nitrogens with one attached hydrogen (secondary N) is 2. The molecule has 1 unspecified atom stereocenters. The fraction of sp³-hybridized carbons (Fsp3) is 0.348. The van der Waals surface area contributed by atoms with E-state index in [4.69, 9.17) is 14.2 Å². The maximum atomic E-state index is 13.0. The van der Waals surface area contributed by atoms with Crippen LogP contribution in [0.5, 0.6) is 11.5 Å². The maximum absolute atomic E-state index is 13.0. The molecule has 0 saturated carbocycles. The molecule has 174 valence electrons. The number of hydrogen-bond acceptors (Lipinski definition) is 7. The van der Waals surface area contributed by atoms with Crippen LogP contribution in [0.4, 0.5) is 16.2 Å². The van der Waals surface area contributed by atoms with Crippen molar-refractivity contribution in [2.45, 2.75) is 6.10 Å². The van der Waals surface area contributed by atoms with Gasteiger partial charge in [-0.15, -0.1) is 0 Å². The minimum absolute atomic E-state index is 0.108. The lowest BCUT2D eigenvalue weighted by molar-refractivity contribution is -0.142. The lowest BCUT2D eigenvalue weighted by Crippen LogP contribution is -2.54. The van der Waals surface area contributed by atoms with Gasteiger partial charge >= 0.3 is 6.03 Å². The molecule has 10 nitrogen and oxygen atoms in total. The van der Waals surface area contributed by atoms with Crippen molar-refractivity contribution in [3.05, 3.63) is 48.5 Å². The number of imide groups is 1. The number of para-hydroxylation sites is 2. The largest absolute Gasteiger partial charge is 0.497 e. The number of ether oxygens (including phenoxy) is 3. The Bertz CT molecular complexity index is 1010. The van der Waals surface area contributed by atoms with Crippen molar-refractivity contribution in [1.82, 2.24) is 10.2 Å². The van der Waals surface area contributed by atoms with E-state index >= 15 is 0 Å². The second-order valence-corrected chi connectivity index (χ2v) is 7.62. The van der Waals surface area contributed by atoms with Crippen LogP contribution in [0.1, 0.15) is 0 Å². The number of amides is 4. The van der Waals surface area contributed by atoms with Crippen LogP contribution in [0.15, 0.2) is 48.5 Å². The van der Waals surface area contributed by atoms with Crippen molar-refractivity contribution in [3.8, 4) is 11.5 Å². The molecule has 0 radical (unpaired) electrons. The third-order valence-corrected chi connectivity index (χ3v) is 5.39. The van der Waals surface area contributed by atoms with E-state index in [1.165, 1.54) is 0 Å². The summed E-state index contributed by atoms with van der Waals surface area (Å²) in [5.41, 5.74) is 1.21. The van der Waals surface area contributed by atoms with Gasteiger partial charge in [-0.1, -0.05) is 12.1 Å². The number of carbonyl (C=O) groups excluding carboxylic acids is 3. The summed E-state index contributed by atoms with van der Waals surface area (Å²) in [5, 5.41) is 4.94. The average molecular weight is 454 g/mol. The highest BCUT2D eigenvalue weighted by atomic mass is 16.5. The van der Waals surface area contributed by atoms with Crippen LogP contribution in [0.2, 0.25) is 0 Å². The molecule has 4 amide bonds. The highest BCUT2D eigenvalue weighted by molar-refractivity contribution is 6.02. The molecule has 33 heavy (non-hydrogen) atoms. The van der Waals surface area contributed by atoms with E-state index in [9.17, 15) is 14.4 Å². The number of benzene rings is 2. The van der Waals surface area contributed by atoms with Crippen LogP contribution < -0.4 is 25.0 Å². The number of carbonyl (C=O) groups is 3. The Morgan fingerprint density at radius 1 is 1.06 bits per heavy atom. The zero-order valence-electron chi connectivity index (χ0n) is 18.3. The zero-order valence-corrected chi connectivity index (χ0v) is 18.3. The number of methoxy groups -OCH3 is 1. The predicted molar refractivity (Wildman–Crippen MR) is 121 cm³/mol. The van der Waals surface area contributed by atoms with Crippen LogP contribution >= 0.6 is 0 Å². The number of rotatable bonds is 5. The molecule has 1 atom stereocenters. The fourth-order valence-electron chi connectivity index (χ4n) is 3.75. The SMILES string of the molecule is COc1ccc(NC(=O)NC(=O)CN2CC(C(=O)N3CCOCC3)Oc3ccccc32)cc1. The number of anilines is 2. The predicted octanol–water partition coefficient (Wildman–Crippen LogP) is 1.47. The molecule has 2 N–H and O–H groups in total. The Labute approximate surface area is 191 Å². The Hall–Kier alpha value is -3.79. The number of hydrogen-bond donors (Lipinski definition) is 2. The minimum Gasteiger partial charge on any atom is -0.497 e. The fourth-order valence-corrected chi connectivity index (χ4v) is 3.75. The molecule has 2 aliphatic rings. The highest BCUT2D eigenvalue weighted by Crippen LogP contribution is 2.33. The van der Waals surface area contributed by atoms with Gasteiger partial charge in [0.25, 0.3) is 5.91 Å². The van der Waals surface area contributed by atoms with E-state index in [-0.39, 0.29) is 19.0 Å². The van der Waals surface area contributed by atoms with Crippen molar-refractivity contribution in [1.29, 1.82) is 0 Å². The summed E-state index contributed by atoms with van der Waals surface area (Å²) < 4.78 is 16.3. The molecule has 2 aromatic carbocycles. The summed E-state index contributed by atoms with van der Waals surface area (Å²) in [6, 6.07) is 13.3. The van der Waals surface area contributed by atoms with Gasteiger partial charge in [0.15, 0.2) is 6.10 Å². The Kier molecular flexibility index (Phi) is 6.94. The number of urea groups is 1. The minimum atomic E-state index is -0.751. The van der Waals surface area contributed by atoms with Gasteiger partial charge in [0.2, 0.25) is 5.91 Å². The molecule has 2 aromatic rings. The van der Waals surface area contributed by atoms with Gasteiger partial charge in [0.05, 0.1) is 39.1 Å². The second-order valence-electron chi connectivity index (χ2n) is 7.62. The smallest absolute Gasteiger partial charge is 0.325 e. The van der Waals surface area contributed by atoms with Crippen LogP contribution in [-0.2, 0) is 14.3 Å². The molecule has 0 aliphatic carbocycles. The van der Waals surface area contributed by atoms with Crippen molar-refractivity contribution in [2.75, 3.05) is 56.7 Å². The van der Waals surface area contributed by atoms with Crippen molar-refractivity contribution >= 4 is 29.2 Å². The third kappa shape index (κ3) is 5.53. The summed E-state index contributed by atoms with van der Waals surface area (Å²) in [4.78, 5) is 41.3. The standard InChI is InChI=1S/C23H26N4O6/c1-31-17-8-6-16(7-9-17)24-23(30)25-21(28)15-27-14-20(22(29)26-10-12-32-13-11-26)33-19-5-3-2-4-18(19)27/h2-9,20H,10-15H2,1H3,(H2,24,25,28,30). The van der Waals surface area contributed by atoms with Gasteiger partial charge in [0, 0.05) is 18.8 Å². The topological polar surface area (TPSA) is 109 Å². The van der Waals surface area contributed by atoms with E-state index in [1.54, 1.807) is 53.3 Å². The summed E-state index contributed by atoms with van der Waals surface area (Å²) in [6.07, 6.45) is -0.751. The van der Waals surface area contributed by atoms with E-state index in [0.717, 1.165) is 0 Å². The molecule has 2 heterocycles. The van der Waals surface area contributed by atoms with E-state index in [2.05, 4.69) is 10.6 Å². The lowest BCUT2D eigenvalue weighted by Gasteiger charge is -2.37. The van der Waals surface area contributed by atoms with Gasteiger partial charge in [-0.2, -0.15) is 0 Å². The van der Waals surface area contributed by atoms with E-state index < -0.39 is 18.0 Å². The molecule has 1 fully saturated rings. The molecule has 0 spiro atoms. The Morgan fingerprint density at radius 3 is 2.52 bits per heavy atom. The third-order valence-electron chi connectivity index (χ3n) is 5.39. The number of nitrogens with zero attached hydrogens (tertiary/aromatic N) is 2. The molecule has 0 bridgehead atoms. The Balaban J connectivity index is 1.39. The summed E-state index contributed by atoms with van der Waals surface area (Å²) >= 11 is 0. The average Bonchev–Trinajstić information content (AvgIpc) is 2.84. The summed E-state index contributed by atoms with van der Waals surface area (Å²) in [6.45, 7) is 2.08. The first-order chi connectivity index (χ1) is 16.0. The monoisotopic (exact) mass is 454 g/mol. The first kappa shape index (κ1) is 22.4. The molecule has 10 heteroatoms.